The number of aliphatic carboxylic acids is 1. The van der Waals surface area contributed by atoms with E-state index in [-0.39, 0.29) is 24.3 Å². The first kappa shape index (κ1) is 17.5. The summed E-state index contributed by atoms with van der Waals surface area (Å²) in [6.45, 7) is 3.90. The first-order valence-electron chi connectivity index (χ1n) is 8.87. The van der Waals surface area contributed by atoms with Gasteiger partial charge in [-0.25, -0.2) is 4.79 Å². The molecule has 6 heteroatoms. The lowest BCUT2D eigenvalue weighted by Crippen LogP contribution is -2.47. The average Bonchev–Trinajstić information content (AvgIpc) is 3.35. The maximum absolute atomic E-state index is 12.9. The Morgan fingerprint density at radius 1 is 1.32 bits per heavy atom. The fourth-order valence-electron chi connectivity index (χ4n) is 3.55. The molecule has 1 heterocycles. The molecule has 1 saturated heterocycles. The lowest BCUT2D eigenvalue weighted by molar-refractivity contribution is -0.151. The van der Waals surface area contributed by atoms with Crippen molar-refractivity contribution >= 4 is 23.5 Å². The maximum Gasteiger partial charge on any atom is 0.326 e. The number of hydrogen-bond acceptors (Lipinski definition) is 3. The molecule has 1 aromatic carbocycles. The normalized spacial score (nSPS) is 21.3. The van der Waals surface area contributed by atoms with Crippen molar-refractivity contribution in [2.24, 2.45) is 5.92 Å². The van der Waals surface area contributed by atoms with Crippen LogP contribution >= 0.6 is 0 Å². The molecule has 1 aliphatic heterocycles. The van der Waals surface area contributed by atoms with E-state index in [1.54, 1.807) is 11.8 Å². The van der Waals surface area contributed by atoms with E-state index in [1.165, 1.54) is 4.90 Å². The first-order valence-corrected chi connectivity index (χ1v) is 8.87. The van der Waals surface area contributed by atoms with Crippen LogP contribution in [0.3, 0.4) is 0 Å². The summed E-state index contributed by atoms with van der Waals surface area (Å²) < 4.78 is 0. The van der Waals surface area contributed by atoms with Crippen molar-refractivity contribution < 1.29 is 19.5 Å². The van der Waals surface area contributed by atoms with Gasteiger partial charge < -0.3 is 14.9 Å². The van der Waals surface area contributed by atoms with Gasteiger partial charge in [-0.2, -0.15) is 0 Å². The zero-order chi connectivity index (χ0) is 18.1. The molecule has 6 nitrogen and oxygen atoms in total. The van der Waals surface area contributed by atoms with Crippen LogP contribution in [0, 0.1) is 5.92 Å². The fraction of sp³-hybridized carbons (Fsp3) is 0.526. The quantitative estimate of drug-likeness (QED) is 0.857. The molecule has 0 radical (unpaired) electrons. The highest BCUT2D eigenvalue weighted by molar-refractivity contribution is 6.01. The number of carboxylic acid groups (broad SMARTS) is 1. The van der Waals surface area contributed by atoms with Crippen LogP contribution in [0.25, 0.3) is 0 Å². The molecule has 2 unspecified atom stereocenters. The fourth-order valence-corrected chi connectivity index (χ4v) is 3.55. The van der Waals surface area contributed by atoms with Crippen LogP contribution in [0.4, 0.5) is 5.69 Å². The number of rotatable bonds is 6. The number of hydrogen-bond donors (Lipinski definition) is 1. The Balaban J connectivity index is 1.79. The molecule has 2 aliphatic rings. The number of anilines is 1. The van der Waals surface area contributed by atoms with Gasteiger partial charge in [0, 0.05) is 24.7 Å². The lowest BCUT2D eigenvalue weighted by atomic mass is 10.1. The molecule has 3 rings (SSSR count). The number of aryl methyl sites for hydroxylation is 1. The van der Waals surface area contributed by atoms with E-state index in [0.717, 1.165) is 30.5 Å². The molecule has 1 aromatic rings. The van der Waals surface area contributed by atoms with Crippen LogP contribution in [0.2, 0.25) is 0 Å². The van der Waals surface area contributed by atoms with Gasteiger partial charge in [-0.3, -0.25) is 9.59 Å². The van der Waals surface area contributed by atoms with Crippen molar-refractivity contribution in [2.75, 3.05) is 11.4 Å². The molecule has 0 bridgehead atoms. The number of carbonyl (C=O) groups excluding carboxylic acids is 2. The highest BCUT2D eigenvalue weighted by Crippen LogP contribution is 2.34. The number of nitrogens with zero attached hydrogens (tertiary/aromatic N) is 2. The summed E-state index contributed by atoms with van der Waals surface area (Å²) in [4.78, 5) is 40.0. The predicted molar refractivity (Wildman–Crippen MR) is 93.2 cm³/mol. The van der Waals surface area contributed by atoms with Gasteiger partial charge in [0.2, 0.25) is 11.8 Å². The average molecular weight is 344 g/mol. The lowest BCUT2D eigenvalue weighted by Gasteiger charge is -2.29. The number of carboxylic acids is 1. The van der Waals surface area contributed by atoms with E-state index in [9.17, 15) is 19.5 Å². The third-order valence-corrected chi connectivity index (χ3v) is 5.11. The van der Waals surface area contributed by atoms with Gasteiger partial charge in [-0.15, -0.1) is 0 Å². The van der Waals surface area contributed by atoms with E-state index >= 15 is 0 Å². The summed E-state index contributed by atoms with van der Waals surface area (Å²) in [5.41, 5.74) is 1.93. The summed E-state index contributed by atoms with van der Waals surface area (Å²) in [5, 5.41) is 9.30. The molecular weight excluding hydrogens is 320 g/mol. The van der Waals surface area contributed by atoms with Gasteiger partial charge in [-0.1, -0.05) is 25.1 Å². The van der Waals surface area contributed by atoms with Crippen molar-refractivity contribution in [3.63, 3.8) is 0 Å². The Hall–Kier alpha value is -2.37. The molecular formula is C19H24N2O4. The van der Waals surface area contributed by atoms with Gasteiger partial charge in [-0.05, 0) is 37.8 Å². The summed E-state index contributed by atoms with van der Waals surface area (Å²) in [5.74, 6) is -1.75. The monoisotopic (exact) mass is 344 g/mol. The molecule has 2 fully saturated rings. The SMILES string of the molecule is CCc1ccccc1N1CC(C(=O)N(C2CC2)C(C)C(=O)O)CC1=O. The summed E-state index contributed by atoms with van der Waals surface area (Å²) in [6, 6.07) is 6.87. The highest BCUT2D eigenvalue weighted by atomic mass is 16.4. The Morgan fingerprint density at radius 3 is 2.60 bits per heavy atom. The van der Waals surface area contributed by atoms with E-state index in [2.05, 4.69) is 0 Å². The Bertz CT molecular complexity index is 698. The van der Waals surface area contributed by atoms with Crippen LogP contribution in [-0.4, -0.2) is 46.4 Å². The molecule has 0 aromatic heterocycles. The van der Waals surface area contributed by atoms with E-state index < -0.39 is 17.9 Å². The standard InChI is InChI=1S/C19H24N2O4/c1-3-13-6-4-5-7-16(13)20-11-14(10-17(20)22)18(23)21(15-8-9-15)12(2)19(24)25/h4-7,12,14-15H,3,8-11H2,1-2H3,(H,24,25). The van der Waals surface area contributed by atoms with Crippen molar-refractivity contribution in [3.8, 4) is 0 Å². The van der Waals surface area contributed by atoms with Gasteiger partial charge in [0.1, 0.15) is 6.04 Å². The second-order valence-electron chi connectivity index (χ2n) is 6.88. The number of carbonyl (C=O) groups is 3. The van der Waals surface area contributed by atoms with Crippen LogP contribution in [-0.2, 0) is 20.8 Å². The number of amides is 2. The van der Waals surface area contributed by atoms with Gasteiger partial charge in [0.25, 0.3) is 0 Å². The minimum absolute atomic E-state index is 0.00526. The predicted octanol–water partition coefficient (Wildman–Crippen LogP) is 2.07. The van der Waals surface area contributed by atoms with Crippen molar-refractivity contribution in [3.05, 3.63) is 29.8 Å². The molecule has 134 valence electrons. The molecule has 1 aliphatic carbocycles. The maximum atomic E-state index is 12.9. The van der Waals surface area contributed by atoms with E-state index in [0.29, 0.717) is 6.54 Å². The van der Waals surface area contributed by atoms with Gasteiger partial charge in [0.05, 0.1) is 5.92 Å². The Morgan fingerprint density at radius 2 is 2.00 bits per heavy atom. The second-order valence-corrected chi connectivity index (χ2v) is 6.88. The molecule has 2 atom stereocenters. The molecule has 1 N–H and O–H groups in total. The molecule has 2 amide bonds. The van der Waals surface area contributed by atoms with Gasteiger partial charge >= 0.3 is 5.97 Å². The zero-order valence-electron chi connectivity index (χ0n) is 14.6. The highest BCUT2D eigenvalue weighted by Gasteiger charge is 2.44. The van der Waals surface area contributed by atoms with Crippen molar-refractivity contribution in [1.29, 1.82) is 0 Å². The van der Waals surface area contributed by atoms with E-state index in [1.807, 2.05) is 31.2 Å². The third-order valence-electron chi connectivity index (χ3n) is 5.11. The van der Waals surface area contributed by atoms with Crippen LogP contribution in [0.15, 0.2) is 24.3 Å². The summed E-state index contributed by atoms with van der Waals surface area (Å²) >= 11 is 0. The smallest absolute Gasteiger partial charge is 0.326 e. The summed E-state index contributed by atoms with van der Waals surface area (Å²) in [7, 11) is 0. The number of para-hydroxylation sites is 1. The van der Waals surface area contributed by atoms with Crippen LogP contribution in [0.5, 0.6) is 0 Å². The van der Waals surface area contributed by atoms with E-state index in [4.69, 9.17) is 0 Å². The Kier molecular flexibility index (Phi) is 4.79. The summed E-state index contributed by atoms with van der Waals surface area (Å²) in [6.07, 6.45) is 2.63. The minimum Gasteiger partial charge on any atom is -0.480 e. The van der Waals surface area contributed by atoms with Crippen molar-refractivity contribution in [1.82, 2.24) is 4.90 Å². The largest absolute Gasteiger partial charge is 0.480 e. The minimum atomic E-state index is -1.00. The topological polar surface area (TPSA) is 77.9 Å². The van der Waals surface area contributed by atoms with Gasteiger partial charge in [0.15, 0.2) is 0 Å². The molecule has 0 spiro atoms. The number of benzene rings is 1. The zero-order valence-corrected chi connectivity index (χ0v) is 14.6. The van der Waals surface area contributed by atoms with Crippen molar-refractivity contribution in [2.45, 2.75) is 51.6 Å². The molecule has 25 heavy (non-hydrogen) atoms. The molecule has 1 saturated carbocycles. The van der Waals surface area contributed by atoms with Crippen LogP contribution < -0.4 is 4.90 Å². The third kappa shape index (κ3) is 3.38. The first-order chi connectivity index (χ1) is 11.9. The Labute approximate surface area is 147 Å². The second kappa shape index (κ2) is 6.86. The van der Waals surface area contributed by atoms with Crippen LogP contribution in [0.1, 0.15) is 38.7 Å².